The van der Waals surface area contributed by atoms with E-state index in [-0.39, 0.29) is 18.4 Å². The fraction of sp³-hybridized carbons (Fsp3) is 0.467. The van der Waals surface area contributed by atoms with Crippen LogP contribution in [0.5, 0.6) is 0 Å². The predicted octanol–water partition coefficient (Wildman–Crippen LogP) is 1.70. The molecule has 0 aromatic heterocycles. The second-order valence-corrected chi connectivity index (χ2v) is 5.35. The van der Waals surface area contributed by atoms with Crippen molar-refractivity contribution in [2.24, 2.45) is 11.1 Å². The minimum Gasteiger partial charge on any atom is -0.345 e. The zero-order valence-electron chi connectivity index (χ0n) is 12.6. The van der Waals surface area contributed by atoms with E-state index in [0.29, 0.717) is 17.7 Å². The number of nitrogens with zero attached hydrogens (tertiary/aromatic N) is 1. The lowest BCUT2D eigenvalue weighted by Crippen LogP contribution is -2.39. The van der Waals surface area contributed by atoms with Crippen molar-refractivity contribution in [3.8, 4) is 0 Å². The van der Waals surface area contributed by atoms with Crippen molar-refractivity contribution in [3.63, 3.8) is 0 Å². The first kappa shape index (κ1) is 16.2. The Hall–Kier alpha value is -1.88. The zero-order valence-corrected chi connectivity index (χ0v) is 12.6. The molecule has 20 heavy (non-hydrogen) atoms. The lowest BCUT2D eigenvalue weighted by Gasteiger charge is -2.25. The van der Waals surface area contributed by atoms with Gasteiger partial charge in [-0.25, -0.2) is 0 Å². The summed E-state index contributed by atoms with van der Waals surface area (Å²) in [6.07, 6.45) is 0.658. The monoisotopic (exact) mass is 277 g/mol. The number of hydrogen-bond acceptors (Lipinski definition) is 3. The van der Waals surface area contributed by atoms with Gasteiger partial charge in [-0.2, -0.15) is 0 Å². The molecule has 2 amide bonds. The van der Waals surface area contributed by atoms with E-state index in [1.165, 1.54) is 4.90 Å². The third-order valence-electron chi connectivity index (χ3n) is 3.55. The van der Waals surface area contributed by atoms with Gasteiger partial charge in [0.1, 0.15) is 0 Å². The van der Waals surface area contributed by atoms with Crippen LogP contribution in [0.3, 0.4) is 0 Å². The van der Waals surface area contributed by atoms with Gasteiger partial charge < -0.3 is 16.0 Å². The summed E-state index contributed by atoms with van der Waals surface area (Å²) in [4.78, 5) is 25.6. The number of carbonyl (C=O) groups is 2. The summed E-state index contributed by atoms with van der Waals surface area (Å²) in [6, 6.07) is 6.90. The molecule has 0 aliphatic rings. The van der Waals surface area contributed by atoms with E-state index < -0.39 is 5.41 Å². The van der Waals surface area contributed by atoms with Gasteiger partial charge >= 0.3 is 0 Å². The molecule has 0 spiro atoms. The molecule has 1 aromatic carbocycles. The van der Waals surface area contributed by atoms with E-state index in [1.807, 2.05) is 13.8 Å². The van der Waals surface area contributed by atoms with Crippen molar-refractivity contribution in [1.82, 2.24) is 4.90 Å². The van der Waals surface area contributed by atoms with Crippen LogP contribution in [0, 0.1) is 5.41 Å². The molecule has 1 unspecified atom stereocenters. The molecule has 0 saturated carbocycles. The van der Waals surface area contributed by atoms with Gasteiger partial charge in [0.25, 0.3) is 5.91 Å². The number of carbonyl (C=O) groups excluding carboxylic acids is 2. The maximum atomic E-state index is 12.2. The molecule has 0 fully saturated rings. The van der Waals surface area contributed by atoms with Gasteiger partial charge in [0.05, 0.1) is 5.41 Å². The Morgan fingerprint density at radius 3 is 2.50 bits per heavy atom. The van der Waals surface area contributed by atoms with E-state index in [9.17, 15) is 9.59 Å². The Balaban J connectivity index is 2.92. The van der Waals surface area contributed by atoms with Crippen LogP contribution in [-0.2, 0) is 4.79 Å². The Morgan fingerprint density at radius 1 is 1.35 bits per heavy atom. The summed E-state index contributed by atoms with van der Waals surface area (Å²) in [7, 11) is 3.38. The van der Waals surface area contributed by atoms with E-state index >= 15 is 0 Å². The summed E-state index contributed by atoms with van der Waals surface area (Å²) < 4.78 is 0. The fourth-order valence-electron chi connectivity index (χ4n) is 1.67. The largest absolute Gasteiger partial charge is 0.345 e. The average Bonchev–Trinajstić information content (AvgIpc) is 2.45. The first-order valence-corrected chi connectivity index (χ1v) is 6.67. The highest BCUT2D eigenvalue weighted by atomic mass is 16.2. The number of nitrogens with two attached hydrogens (primary N) is 1. The minimum absolute atomic E-state index is 0.0989. The predicted molar refractivity (Wildman–Crippen MR) is 80.5 cm³/mol. The molecule has 0 aliphatic heterocycles. The third-order valence-corrected chi connectivity index (χ3v) is 3.55. The molecule has 0 aliphatic carbocycles. The van der Waals surface area contributed by atoms with Gasteiger partial charge in [0.2, 0.25) is 5.91 Å². The second-order valence-electron chi connectivity index (χ2n) is 5.35. The normalized spacial score (nSPS) is 13.4. The molecule has 0 heterocycles. The van der Waals surface area contributed by atoms with E-state index in [2.05, 4.69) is 5.32 Å². The summed E-state index contributed by atoms with van der Waals surface area (Å²) in [5, 5.41) is 2.83. The highest BCUT2D eigenvalue weighted by Gasteiger charge is 2.29. The minimum atomic E-state index is -0.596. The molecular formula is C15H23N3O2. The van der Waals surface area contributed by atoms with Gasteiger partial charge in [0, 0.05) is 31.9 Å². The van der Waals surface area contributed by atoms with Crippen molar-refractivity contribution in [2.75, 3.05) is 26.0 Å². The Labute approximate surface area is 120 Å². The smallest absolute Gasteiger partial charge is 0.253 e. The standard InChI is InChI=1S/C15H23N3O2/c1-5-15(2,10-16)14(20)17-12-8-6-7-11(9-12)13(19)18(3)4/h6-9H,5,10,16H2,1-4H3,(H,17,20). The van der Waals surface area contributed by atoms with Crippen LogP contribution >= 0.6 is 0 Å². The number of rotatable bonds is 5. The van der Waals surface area contributed by atoms with Crippen LogP contribution in [-0.4, -0.2) is 37.4 Å². The van der Waals surface area contributed by atoms with Gasteiger partial charge in [-0.3, -0.25) is 9.59 Å². The van der Waals surface area contributed by atoms with Gasteiger partial charge in [-0.15, -0.1) is 0 Å². The molecule has 0 radical (unpaired) electrons. The molecule has 5 nitrogen and oxygen atoms in total. The molecular weight excluding hydrogens is 254 g/mol. The average molecular weight is 277 g/mol. The highest BCUT2D eigenvalue weighted by Crippen LogP contribution is 2.22. The van der Waals surface area contributed by atoms with Gasteiger partial charge in [-0.05, 0) is 31.5 Å². The molecule has 110 valence electrons. The van der Waals surface area contributed by atoms with Gasteiger partial charge in [0.15, 0.2) is 0 Å². The summed E-state index contributed by atoms with van der Waals surface area (Å²) in [5.74, 6) is -0.227. The van der Waals surface area contributed by atoms with Crippen molar-refractivity contribution in [1.29, 1.82) is 0 Å². The van der Waals surface area contributed by atoms with Crippen LogP contribution in [0.15, 0.2) is 24.3 Å². The summed E-state index contributed by atoms with van der Waals surface area (Å²) >= 11 is 0. The fourth-order valence-corrected chi connectivity index (χ4v) is 1.67. The van der Waals surface area contributed by atoms with E-state index in [0.717, 1.165) is 0 Å². The van der Waals surface area contributed by atoms with Crippen molar-refractivity contribution >= 4 is 17.5 Å². The zero-order chi connectivity index (χ0) is 15.3. The quantitative estimate of drug-likeness (QED) is 0.860. The number of anilines is 1. The third kappa shape index (κ3) is 3.57. The molecule has 5 heteroatoms. The lowest BCUT2D eigenvalue weighted by molar-refractivity contribution is -0.124. The lowest BCUT2D eigenvalue weighted by atomic mass is 9.86. The Kier molecular flexibility index (Phi) is 5.27. The van der Waals surface area contributed by atoms with Crippen LogP contribution < -0.4 is 11.1 Å². The number of benzene rings is 1. The number of amides is 2. The second kappa shape index (κ2) is 6.52. The topological polar surface area (TPSA) is 75.4 Å². The van der Waals surface area contributed by atoms with Crippen LogP contribution in [0.2, 0.25) is 0 Å². The first-order valence-electron chi connectivity index (χ1n) is 6.67. The van der Waals surface area contributed by atoms with Gasteiger partial charge in [-0.1, -0.05) is 13.0 Å². The highest BCUT2D eigenvalue weighted by molar-refractivity contribution is 5.98. The van der Waals surface area contributed by atoms with Crippen molar-refractivity contribution in [3.05, 3.63) is 29.8 Å². The van der Waals surface area contributed by atoms with Crippen LogP contribution in [0.25, 0.3) is 0 Å². The van der Waals surface area contributed by atoms with Crippen molar-refractivity contribution in [2.45, 2.75) is 20.3 Å². The van der Waals surface area contributed by atoms with Crippen LogP contribution in [0.1, 0.15) is 30.6 Å². The molecule has 0 saturated heterocycles. The first-order chi connectivity index (χ1) is 9.34. The summed E-state index contributed by atoms with van der Waals surface area (Å²) in [5.41, 5.74) is 6.22. The van der Waals surface area contributed by atoms with E-state index in [4.69, 9.17) is 5.73 Å². The van der Waals surface area contributed by atoms with Crippen LogP contribution in [0.4, 0.5) is 5.69 Å². The summed E-state index contributed by atoms with van der Waals surface area (Å²) in [6.45, 7) is 4.04. The molecule has 3 N–H and O–H groups in total. The molecule has 1 rings (SSSR count). The maximum Gasteiger partial charge on any atom is 0.253 e. The molecule has 1 atom stereocenters. The molecule has 1 aromatic rings. The number of hydrogen-bond donors (Lipinski definition) is 2. The Bertz CT molecular complexity index is 494. The SMILES string of the molecule is CCC(C)(CN)C(=O)Nc1cccc(C(=O)N(C)C)c1. The van der Waals surface area contributed by atoms with E-state index in [1.54, 1.807) is 38.4 Å². The Morgan fingerprint density at radius 2 is 2.00 bits per heavy atom. The number of nitrogens with one attached hydrogen (secondary N) is 1. The molecule has 0 bridgehead atoms. The van der Waals surface area contributed by atoms with Crippen molar-refractivity contribution < 1.29 is 9.59 Å². The maximum absolute atomic E-state index is 12.2.